The van der Waals surface area contributed by atoms with Crippen LogP contribution in [-0.2, 0) is 4.57 Å². The average Bonchev–Trinajstić information content (AvgIpc) is 1.79. The summed E-state index contributed by atoms with van der Waals surface area (Å²) in [5, 5.41) is 0. The van der Waals surface area contributed by atoms with Crippen molar-refractivity contribution in [1.82, 2.24) is 0 Å². The van der Waals surface area contributed by atoms with Gasteiger partial charge >= 0.3 is 37.7 Å². The molecule has 0 aliphatic rings. The normalized spacial score (nSPS) is 8.69. The molecule has 0 fully saturated rings. The summed E-state index contributed by atoms with van der Waals surface area (Å²) in [5.74, 6) is 0. The second-order valence-electron chi connectivity index (χ2n) is 2.14. The van der Waals surface area contributed by atoms with Gasteiger partial charge in [0.05, 0.1) is 0 Å². The van der Waals surface area contributed by atoms with Gasteiger partial charge in [-0.1, -0.05) is 39.5 Å². The molecule has 0 spiro atoms. The second kappa shape index (κ2) is 15.7. The van der Waals surface area contributed by atoms with Gasteiger partial charge in [0.25, 0.3) is 0 Å². The van der Waals surface area contributed by atoms with Gasteiger partial charge in [0, 0.05) is 0 Å². The molecule has 7 heteroatoms. The van der Waals surface area contributed by atoms with E-state index in [2.05, 4.69) is 13.8 Å². The van der Waals surface area contributed by atoms with Crippen molar-refractivity contribution in [2.45, 2.75) is 39.5 Å². The number of hydrogen-bond donors (Lipinski definition) is 0. The van der Waals surface area contributed by atoms with Crippen LogP contribution in [0.15, 0.2) is 0 Å². The Morgan fingerprint density at radius 3 is 1.31 bits per heavy atom. The first-order chi connectivity index (χ1) is 4.91. The van der Waals surface area contributed by atoms with Crippen LogP contribution in [0.4, 0.5) is 4.20 Å². The summed E-state index contributed by atoms with van der Waals surface area (Å²) in [5.41, 5.74) is 0. The van der Waals surface area contributed by atoms with Crippen LogP contribution < -0.4 is 47.5 Å². The van der Waals surface area contributed by atoms with Gasteiger partial charge in [0.1, 0.15) is 7.91 Å². The first-order valence-corrected chi connectivity index (χ1v) is 5.06. The number of halogens is 1. The molecule has 0 N–H and O–H groups in total. The topological polar surface area (TPSA) is 63.2 Å². The van der Waals surface area contributed by atoms with E-state index in [1.165, 1.54) is 25.7 Å². The van der Waals surface area contributed by atoms with Crippen molar-refractivity contribution in [2.75, 3.05) is 0 Å². The summed E-state index contributed by atoms with van der Waals surface area (Å²) in [6.07, 6.45) is 5.54. The van der Waals surface area contributed by atoms with E-state index < -0.39 is 7.91 Å². The quantitative estimate of drug-likeness (QED) is 0.260. The zero-order valence-electron chi connectivity index (χ0n) is 8.88. The van der Waals surface area contributed by atoms with Crippen LogP contribution in [0, 0.1) is 0 Å². The molecule has 70 valence electrons. The first kappa shape index (κ1) is 23.8. The van der Waals surface area contributed by atoms with Gasteiger partial charge in [0.15, 0.2) is 0 Å². The fourth-order valence-electron chi connectivity index (χ4n) is 0.500. The minimum atomic E-state index is -5.64. The van der Waals surface area contributed by atoms with Crippen LogP contribution in [0.1, 0.15) is 39.5 Å². The minimum absolute atomic E-state index is 0. The van der Waals surface area contributed by atoms with Gasteiger partial charge in [0.2, 0.25) is 0 Å². The van der Waals surface area contributed by atoms with Gasteiger partial charge in [-0.15, -0.1) is 0 Å². The molecule has 0 saturated heterocycles. The molecular weight excluding hydrogens is 184 g/mol. The summed E-state index contributed by atoms with van der Waals surface area (Å²) in [7, 11) is -5.64. The van der Waals surface area contributed by atoms with Crippen molar-refractivity contribution in [1.29, 1.82) is 0 Å². The van der Waals surface area contributed by atoms with E-state index in [-0.39, 0.29) is 37.7 Å². The van der Waals surface area contributed by atoms with E-state index >= 15 is 0 Å². The number of hydrogen-bond acceptors (Lipinski definition) is 3. The van der Waals surface area contributed by atoms with Gasteiger partial charge in [-0.05, 0) is 0 Å². The molecule has 0 aliphatic carbocycles. The van der Waals surface area contributed by atoms with E-state index in [4.69, 9.17) is 14.4 Å². The van der Waals surface area contributed by atoms with Crippen molar-refractivity contribution < 1.29 is 56.3 Å². The van der Waals surface area contributed by atoms with E-state index in [9.17, 15) is 4.20 Å². The maximum atomic E-state index is 10.1. The third-order valence-corrected chi connectivity index (χ3v) is 0.957. The molecule has 0 aromatic carbocycles. The maximum absolute atomic E-state index is 10.1. The molecule has 0 unspecified atom stereocenters. The molecule has 0 heterocycles. The number of unbranched alkanes of at least 4 members (excludes halogenated alkanes) is 3. The molecule has 0 rings (SSSR count). The van der Waals surface area contributed by atoms with Crippen LogP contribution in [0.2, 0.25) is 0 Å². The monoisotopic (exact) mass is 198 g/mol. The molecule has 0 amide bonds. The van der Waals surface area contributed by atoms with E-state index in [1.54, 1.807) is 0 Å². The molecule has 0 aromatic rings. The Kier molecular flexibility index (Phi) is 28.8. The third-order valence-electron chi connectivity index (χ3n) is 0.957. The SMILES string of the molecule is CCCCCC.O=P([O-])([O-])F.[Li+].[Li+]. The smallest absolute Gasteiger partial charge is 0.786 e. The van der Waals surface area contributed by atoms with Crippen molar-refractivity contribution >= 4 is 7.91 Å². The molecule has 0 saturated carbocycles. The summed E-state index contributed by atoms with van der Waals surface area (Å²) in [6.45, 7) is 4.46. The van der Waals surface area contributed by atoms with Crippen LogP contribution >= 0.6 is 7.91 Å². The Bertz CT molecular complexity index is 108. The summed E-state index contributed by atoms with van der Waals surface area (Å²) < 4.78 is 18.6. The van der Waals surface area contributed by atoms with E-state index in [0.29, 0.717) is 0 Å². The Morgan fingerprint density at radius 2 is 1.23 bits per heavy atom. The maximum Gasteiger partial charge on any atom is 1.00 e. The van der Waals surface area contributed by atoms with Crippen molar-refractivity contribution in [3.05, 3.63) is 0 Å². The molecule has 0 atom stereocenters. The van der Waals surface area contributed by atoms with Crippen LogP contribution in [-0.4, -0.2) is 0 Å². The summed E-state index contributed by atoms with van der Waals surface area (Å²) >= 11 is 0. The Morgan fingerprint density at radius 1 is 1.08 bits per heavy atom. The standard InChI is InChI=1S/C6H14.FH2O3P.2Li/c1-3-5-6-4-2;1-5(2,3)4;;/h3-6H2,1-2H3;(H2,2,3,4);;/q;;2*+1/p-2. The Hall–Kier alpha value is 1.27. The molecule has 0 aromatic heterocycles. The molecule has 0 bridgehead atoms. The molecule has 0 radical (unpaired) electrons. The van der Waals surface area contributed by atoms with E-state index in [1.807, 2.05) is 0 Å². The number of rotatable bonds is 3. The zero-order valence-corrected chi connectivity index (χ0v) is 9.77. The second-order valence-corrected chi connectivity index (χ2v) is 3.00. The third kappa shape index (κ3) is 92.3. The molecule has 13 heavy (non-hydrogen) atoms. The van der Waals surface area contributed by atoms with Crippen molar-refractivity contribution in [3.63, 3.8) is 0 Å². The van der Waals surface area contributed by atoms with E-state index in [0.717, 1.165) is 0 Å². The van der Waals surface area contributed by atoms with Crippen molar-refractivity contribution in [3.8, 4) is 0 Å². The van der Waals surface area contributed by atoms with Crippen LogP contribution in [0.3, 0.4) is 0 Å². The Balaban J connectivity index is -0.0000000546. The summed E-state index contributed by atoms with van der Waals surface area (Å²) in [4.78, 5) is 16.9. The molecule has 0 aliphatic heterocycles. The zero-order chi connectivity index (χ0) is 9.33. The molecule has 3 nitrogen and oxygen atoms in total. The first-order valence-electron chi connectivity index (χ1n) is 3.63. The molecular formula is C6H14FLi2O3P. The minimum Gasteiger partial charge on any atom is -0.786 e. The fourth-order valence-corrected chi connectivity index (χ4v) is 0.500. The average molecular weight is 198 g/mol. The van der Waals surface area contributed by atoms with Crippen LogP contribution in [0.25, 0.3) is 0 Å². The largest absolute Gasteiger partial charge is 1.00 e. The Labute approximate surface area is 104 Å². The predicted octanol–water partition coefficient (Wildman–Crippen LogP) is -4.62. The predicted molar refractivity (Wildman–Crippen MR) is 38.5 cm³/mol. The van der Waals surface area contributed by atoms with Crippen molar-refractivity contribution in [2.24, 2.45) is 0 Å². The fraction of sp³-hybridized carbons (Fsp3) is 1.00. The van der Waals surface area contributed by atoms with Gasteiger partial charge < -0.3 is 14.4 Å². The van der Waals surface area contributed by atoms with Crippen LogP contribution in [0.5, 0.6) is 0 Å². The van der Waals surface area contributed by atoms with Gasteiger partial charge in [-0.3, -0.25) is 0 Å². The van der Waals surface area contributed by atoms with Gasteiger partial charge in [-0.2, -0.15) is 0 Å². The summed E-state index contributed by atoms with van der Waals surface area (Å²) in [6, 6.07) is 0. The van der Waals surface area contributed by atoms with Gasteiger partial charge in [-0.25, -0.2) is 4.20 Å².